The quantitative estimate of drug-likeness (QED) is 0.510. The Hall–Kier alpha value is -2.58. The summed E-state index contributed by atoms with van der Waals surface area (Å²) in [5.41, 5.74) is 1.02. The van der Waals surface area contributed by atoms with Gasteiger partial charge >= 0.3 is 0 Å². The molecule has 2 aromatic carbocycles. The molecule has 2 aromatic rings. The minimum atomic E-state index is -0.384. The number of allylic oxidation sites excluding steroid dienone is 1. The van der Waals surface area contributed by atoms with Crippen molar-refractivity contribution in [3.63, 3.8) is 0 Å². The van der Waals surface area contributed by atoms with Crippen LogP contribution in [0.3, 0.4) is 0 Å². The first-order chi connectivity index (χ1) is 10.5. The molecule has 110 valence electrons. The van der Waals surface area contributed by atoms with Gasteiger partial charge in [0.15, 0.2) is 0 Å². The maximum absolute atomic E-state index is 12.4. The predicted octanol–water partition coefficient (Wildman–Crippen LogP) is 3.95. The molecule has 0 aromatic heterocycles. The molecule has 5 heteroatoms. The molecule has 0 bridgehead atoms. The molecule has 2 rings (SSSR count). The van der Waals surface area contributed by atoms with Gasteiger partial charge in [-0.05, 0) is 51.8 Å². The van der Waals surface area contributed by atoms with Crippen LogP contribution in [-0.4, -0.2) is 18.0 Å². The van der Waals surface area contributed by atoms with Gasteiger partial charge in [0.05, 0.1) is 11.6 Å². The average Bonchev–Trinajstić information content (AvgIpc) is 2.55. The largest absolute Gasteiger partial charge is 0.507 e. The first-order valence-corrected chi connectivity index (χ1v) is 7.13. The Bertz CT molecular complexity index is 791. The number of carbonyl (C=O) groups is 1. The van der Waals surface area contributed by atoms with Crippen molar-refractivity contribution in [2.45, 2.75) is 0 Å². The maximum Gasteiger partial charge on any atom is 0.203 e. The summed E-state index contributed by atoms with van der Waals surface area (Å²) >= 11 is 3.20. The topological polar surface area (TPSA) is 70.3 Å². The summed E-state index contributed by atoms with van der Waals surface area (Å²) in [5, 5.41) is 18.7. The Kier molecular flexibility index (Phi) is 4.97. The van der Waals surface area contributed by atoms with Crippen LogP contribution in [0, 0.1) is 11.3 Å². The lowest BCUT2D eigenvalue weighted by atomic mass is 10.0. The molecular formula is C17H12BrNO3. The summed E-state index contributed by atoms with van der Waals surface area (Å²) in [6.07, 6.45) is 1.48. The van der Waals surface area contributed by atoms with Gasteiger partial charge in [0.25, 0.3) is 0 Å². The normalized spacial score (nSPS) is 10.9. The molecular weight excluding hydrogens is 346 g/mol. The minimum absolute atomic E-state index is 0.00541. The highest BCUT2D eigenvalue weighted by Crippen LogP contribution is 2.26. The van der Waals surface area contributed by atoms with E-state index in [1.54, 1.807) is 36.4 Å². The fourth-order valence-corrected chi connectivity index (χ4v) is 2.24. The first kappa shape index (κ1) is 15.8. The van der Waals surface area contributed by atoms with Crippen LogP contribution in [0.15, 0.2) is 52.5 Å². The number of halogens is 1. The molecule has 0 saturated carbocycles. The van der Waals surface area contributed by atoms with Gasteiger partial charge in [-0.3, -0.25) is 4.79 Å². The molecule has 0 fully saturated rings. The summed E-state index contributed by atoms with van der Waals surface area (Å²) in [7, 11) is 1.51. The molecule has 0 spiro atoms. The van der Waals surface area contributed by atoms with Crippen molar-refractivity contribution in [1.82, 2.24) is 0 Å². The molecule has 0 aliphatic rings. The second kappa shape index (κ2) is 6.92. The van der Waals surface area contributed by atoms with Crippen LogP contribution in [0.1, 0.15) is 15.9 Å². The molecule has 0 amide bonds. The van der Waals surface area contributed by atoms with Crippen molar-refractivity contribution in [2.24, 2.45) is 0 Å². The summed E-state index contributed by atoms with van der Waals surface area (Å²) in [6, 6.07) is 13.3. The molecule has 22 heavy (non-hydrogen) atoms. The lowest BCUT2D eigenvalue weighted by molar-refractivity contribution is 0.103. The summed E-state index contributed by atoms with van der Waals surface area (Å²) in [5.74, 6) is 0.260. The van der Waals surface area contributed by atoms with E-state index in [1.807, 2.05) is 6.07 Å². The van der Waals surface area contributed by atoms with Gasteiger partial charge < -0.3 is 9.84 Å². The molecule has 0 radical (unpaired) electrons. The highest BCUT2D eigenvalue weighted by atomic mass is 79.9. The van der Waals surface area contributed by atoms with Crippen LogP contribution in [0.4, 0.5) is 0 Å². The van der Waals surface area contributed by atoms with Crippen LogP contribution in [-0.2, 0) is 0 Å². The molecule has 0 aliphatic heterocycles. The summed E-state index contributed by atoms with van der Waals surface area (Å²) in [4.78, 5) is 12.4. The van der Waals surface area contributed by atoms with Crippen LogP contribution >= 0.6 is 15.9 Å². The lowest BCUT2D eigenvalue weighted by Crippen LogP contribution is -2.02. The van der Waals surface area contributed by atoms with E-state index in [0.29, 0.717) is 21.3 Å². The molecule has 0 saturated heterocycles. The zero-order valence-electron chi connectivity index (χ0n) is 11.7. The number of methoxy groups -OCH3 is 1. The van der Waals surface area contributed by atoms with Crippen molar-refractivity contribution < 1.29 is 14.6 Å². The van der Waals surface area contributed by atoms with E-state index < -0.39 is 0 Å². The fraction of sp³-hybridized carbons (Fsp3) is 0.0588. The smallest absolute Gasteiger partial charge is 0.203 e. The first-order valence-electron chi connectivity index (χ1n) is 6.34. The Morgan fingerprint density at radius 1 is 1.32 bits per heavy atom. The number of ether oxygens (including phenoxy) is 1. The van der Waals surface area contributed by atoms with Crippen LogP contribution in [0.25, 0.3) is 6.08 Å². The third-order valence-corrected chi connectivity index (χ3v) is 3.61. The maximum atomic E-state index is 12.4. The van der Waals surface area contributed by atoms with E-state index in [0.717, 1.165) is 0 Å². The molecule has 0 heterocycles. The number of hydrogen-bond donors (Lipinski definition) is 1. The number of phenols is 1. The number of ketones is 1. The second-order valence-corrected chi connectivity index (χ2v) is 5.30. The highest BCUT2D eigenvalue weighted by molar-refractivity contribution is 9.10. The van der Waals surface area contributed by atoms with Gasteiger partial charge in [0.1, 0.15) is 23.1 Å². The van der Waals surface area contributed by atoms with E-state index in [-0.39, 0.29) is 17.1 Å². The number of carbonyl (C=O) groups excluding carboxylic acids is 1. The third kappa shape index (κ3) is 3.54. The van der Waals surface area contributed by atoms with Gasteiger partial charge in [-0.1, -0.05) is 18.2 Å². The summed E-state index contributed by atoms with van der Waals surface area (Å²) in [6.45, 7) is 0. The standard InChI is InChI=1S/C17H12BrNO3/c1-22-14-4-2-3-12(9-14)17(21)13(10-19)7-11-5-6-16(20)15(18)8-11/h2-9,20H,1H3/b13-7-. The zero-order valence-corrected chi connectivity index (χ0v) is 13.3. The third-order valence-electron chi connectivity index (χ3n) is 2.98. The van der Waals surface area contributed by atoms with Crippen LogP contribution < -0.4 is 4.74 Å². The zero-order chi connectivity index (χ0) is 16.1. The van der Waals surface area contributed by atoms with Gasteiger partial charge in [-0.25, -0.2) is 0 Å². The predicted molar refractivity (Wildman–Crippen MR) is 86.7 cm³/mol. The molecule has 0 aliphatic carbocycles. The number of nitriles is 1. The Morgan fingerprint density at radius 2 is 2.09 bits per heavy atom. The van der Waals surface area contributed by atoms with E-state index in [4.69, 9.17) is 4.74 Å². The van der Waals surface area contributed by atoms with E-state index in [1.165, 1.54) is 19.3 Å². The SMILES string of the molecule is COc1cccc(C(=O)/C(C#N)=C\c2ccc(O)c(Br)c2)c1. The van der Waals surface area contributed by atoms with Crippen molar-refractivity contribution in [2.75, 3.05) is 7.11 Å². The molecule has 1 N–H and O–H groups in total. The Labute approximate surface area is 136 Å². The molecule has 0 unspecified atom stereocenters. The minimum Gasteiger partial charge on any atom is -0.507 e. The van der Waals surface area contributed by atoms with Gasteiger partial charge in [0.2, 0.25) is 5.78 Å². The fourth-order valence-electron chi connectivity index (χ4n) is 1.85. The number of Topliss-reactive ketones (excluding diaryl/α,β-unsaturated/α-hetero) is 1. The number of hydrogen-bond acceptors (Lipinski definition) is 4. The Morgan fingerprint density at radius 3 is 2.73 bits per heavy atom. The monoisotopic (exact) mass is 357 g/mol. The number of nitrogens with zero attached hydrogens (tertiary/aromatic N) is 1. The highest BCUT2D eigenvalue weighted by Gasteiger charge is 2.13. The van der Waals surface area contributed by atoms with E-state index in [9.17, 15) is 15.2 Å². The number of aromatic hydroxyl groups is 1. The van der Waals surface area contributed by atoms with Gasteiger partial charge in [0, 0.05) is 5.56 Å². The van der Waals surface area contributed by atoms with Crippen molar-refractivity contribution in [3.05, 3.63) is 63.6 Å². The Balaban J connectivity index is 2.38. The van der Waals surface area contributed by atoms with Crippen molar-refractivity contribution in [1.29, 1.82) is 5.26 Å². The summed E-state index contributed by atoms with van der Waals surface area (Å²) < 4.78 is 5.57. The van der Waals surface area contributed by atoms with Crippen LogP contribution in [0.2, 0.25) is 0 Å². The average molecular weight is 358 g/mol. The number of rotatable bonds is 4. The number of phenolic OH excluding ortho intramolecular Hbond substituents is 1. The molecule has 0 atom stereocenters. The van der Waals surface area contributed by atoms with Gasteiger partial charge in [-0.2, -0.15) is 5.26 Å². The van der Waals surface area contributed by atoms with Crippen molar-refractivity contribution in [3.8, 4) is 17.6 Å². The number of benzene rings is 2. The van der Waals surface area contributed by atoms with Crippen molar-refractivity contribution >= 4 is 27.8 Å². The molecule has 4 nitrogen and oxygen atoms in total. The van der Waals surface area contributed by atoms with Crippen LogP contribution in [0.5, 0.6) is 11.5 Å². The second-order valence-electron chi connectivity index (χ2n) is 4.44. The van der Waals surface area contributed by atoms with E-state index in [2.05, 4.69) is 15.9 Å². The van der Waals surface area contributed by atoms with Gasteiger partial charge in [-0.15, -0.1) is 0 Å². The lowest BCUT2D eigenvalue weighted by Gasteiger charge is -2.04. The van der Waals surface area contributed by atoms with E-state index >= 15 is 0 Å².